The highest BCUT2D eigenvalue weighted by molar-refractivity contribution is 5.42. The molecule has 3 aromatic rings. The first kappa shape index (κ1) is 14.7. The molecule has 6 nitrogen and oxygen atoms in total. The van der Waals surface area contributed by atoms with Crippen LogP contribution in [0.25, 0.3) is 0 Å². The number of nitrogens with two attached hydrogens (primary N) is 1. The van der Waals surface area contributed by atoms with Gasteiger partial charge in [-0.25, -0.2) is 4.68 Å². The average molecular weight is 321 g/mol. The Labute approximate surface area is 140 Å². The van der Waals surface area contributed by atoms with E-state index in [0.717, 1.165) is 22.8 Å². The Morgan fingerprint density at radius 2 is 1.79 bits per heavy atom. The van der Waals surface area contributed by atoms with Crippen molar-refractivity contribution in [3.63, 3.8) is 0 Å². The van der Waals surface area contributed by atoms with Gasteiger partial charge >= 0.3 is 0 Å². The van der Waals surface area contributed by atoms with Crippen LogP contribution < -0.4 is 15.8 Å². The van der Waals surface area contributed by atoms with Gasteiger partial charge in [-0.05, 0) is 23.3 Å². The number of nitrogens with zero attached hydrogens (tertiary/aromatic N) is 3. The van der Waals surface area contributed by atoms with Crippen LogP contribution in [0, 0.1) is 0 Å². The van der Waals surface area contributed by atoms with Gasteiger partial charge in [0, 0.05) is 0 Å². The van der Waals surface area contributed by atoms with Gasteiger partial charge in [0.1, 0.15) is 12.1 Å². The van der Waals surface area contributed by atoms with Crippen molar-refractivity contribution in [2.24, 2.45) is 5.73 Å². The van der Waals surface area contributed by atoms with Crippen LogP contribution in [0.2, 0.25) is 0 Å². The van der Waals surface area contributed by atoms with E-state index in [-0.39, 0.29) is 18.1 Å². The van der Waals surface area contributed by atoms with E-state index in [1.165, 1.54) is 0 Å². The number of hydrogen-bond acceptors (Lipinski definition) is 5. The number of anilines is 1. The van der Waals surface area contributed by atoms with Crippen molar-refractivity contribution in [3.05, 3.63) is 72.1 Å². The fourth-order valence-electron chi connectivity index (χ4n) is 3.27. The second-order valence-corrected chi connectivity index (χ2v) is 5.86. The van der Waals surface area contributed by atoms with Crippen molar-refractivity contribution in [1.29, 1.82) is 0 Å². The molecule has 4 rings (SSSR count). The topological polar surface area (TPSA) is 78.0 Å². The summed E-state index contributed by atoms with van der Waals surface area (Å²) >= 11 is 0. The normalized spacial score (nSPS) is 22.5. The van der Waals surface area contributed by atoms with Crippen LogP contribution in [0.15, 0.2) is 60.9 Å². The zero-order chi connectivity index (χ0) is 16.5. The first-order valence-corrected chi connectivity index (χ1v) is 7.88. The quantitative estimate of drug-likeness (QED) is 0.774. The van der Waals surface area contributed by atoms with Crippen LogP contribution >= 0.6 is 0 Å². The molecule has 122 valence electrons. The number of methoxy groups -OCH3 is 1. The van der Waals surface area contributed by atoms with Crippen molar-refractivity contribution in [2.75, 3.05) is 12.4 Å². The molecule has 0 amide bonds. The molecule has 2 heterocycles. The van der Waals surface area contributed by atoms with Crippen LogP contribution in [0.3, 0.4) is 0 Å². The monoisotopic (exact) mass is 321 g/mol. The smallest absolute Gasteiger partial charge is 0.222 e. The Hall–Kier alpha value is -2.86. The lowest BCUT2D eigenvalue weighted by Crippen LogP contribution is -2.46. The molecule has 6 heteroatoms. The molecule has 24 heavy (non-hydrogen) atoms. The van der Waals surface area contributed by atoms with E-state index in [4.69, 9.17) is 10.5 Å². The summed E-state index contributed by atoms with van der Waals surface area (Å²) < 4.78 is 7.10. The summed E-state index contributed by atoms with van der Waals surface area (Å²) in [5.74, 6) is 1.55. The number of rotatable bonds is 3. The highest BCUT2D eigenvalue weighted by Gasteiger charge is 2.37. The first-order valence-electron chi connectivity index (χ1n) is 7.88. The van der Waals surface area contributed by atoms with Crippen molar-refractivity contribution < 1.29 is 4.74 Å². The van der Waals surface area contributed by atoms with Crippen LogP contribution in [0.1, 0.15) is 23.2 Å². The van der Waals surface area contributed by atoms with Gasteiger partial charge in [0.25, 0.3) is 0 Å². The molecule has 0 fully saturated rings. The number of nitrogens with one attached hydrogen (secondary N) is 1. The van der Waals surface area contributed by atoms with Crippen molar-refractivity contribution in [2.45, 2.75) is 18.1 Å². The molecular formula is C18H19N5O. The summed E-state index contributed by atoms with van der Waals surface area (Å²) in [5, 5.41) is 7.77. The molecule has 0 unspecified atom stereocenters. The van der Waals surface area contributed by atoms with Crippen molar-refractivity contribution >= 4 is 5.95 Å². The highest BCUT2D eigenvalue weighted by Crippen LogP contribution is 2.36. The van der Waals surface area contributed by atoms with E-state index in [1.54, 1.807) is 13.4 Å². The molecule has 0 spiro atoms. The fraction of sp³-hybridized carbons (Fsp3) is 0.222. The van der Waals surface area contributed by atoms with Crippen LogP contribution in [0.4, 0.5) is 5.95 Å². The van der Waals surface area contributed by atoms with Gasteiger partial charge in [0.15, 0.2) is 0 Å². The number of hydrogen-bond donors (Lipinski definition) is 2. The molecule has 1 aliphatic heterocycles. The Bertz CT molecular complexity index is 815. The Balaban J connectivity index is 1.75. The van der Waals surface area contributed by atoms with E-state index in [9.17, 15) is 0 Å². The van der Waals surface area contributed by atoms with Gasteiger partial charge in [-0.2, -0.15) is 10.1 Å². The Morgan fingerprint density at radius 1 is 1.04 bits per heavy atom. The van der Waals surface area contributed by atoms with Crippen LogP contribution in [-0.4, -0.2) is 27.9 Å². The summed E-state index contributed by atoms with van der Waals surface area (Å²) in [4.78, 5) is 4.34. The Kier molecular flexibility index (Phi) is 3.66. The average Bonchev–Trinajstić information content (AvgIpc) is 3.10. The molecule has 0 saturated carbocycles. The molecule has 1 aliphatic rings. The molecule has 0 aliphatic carbocycles. The summed E-state index contributed by atoms with van der Waals surface area (Å²) in [7, 11) is 1.66. The lowest BCUT2D eigenvalue weighted by atomic mass is 9.89. The predicted molar refractivity (Wildman–Crippen MR) is 91.9 cm³/mol. The maximum absolute atomic E-state index is 6.65. The third-order valence-corrected chi connectivity index (χ3v) is 4.49. The molecule has 0 bridgehead atoms. The van der Waals surface area contributed by atoms with Gasteiger partial charge in [-0.1, -0.05) is 42.5 Å². The zero-order valence-electron chi connectivity index (χ0n) is 13.3. The second-order valence-electron chi connectivity index (χ2n) is 5.86. The van der Waals surface area contributed by atoms with Gasteiger partial charge in [0.05, 0.1) is 25.2 Å². The largest absolute Gasteiger partial charge is 0.497 e. The van der Waals surface area contributed by atoms with E-state index in [1.807, 2.05) is 47.1 Å². The van der Waals surface area contributed by atoms with Crippen molar-refractivity contribution in [3.8, 4) is 5.75 Å². The molecule has 2 aromatic carbocycles. The van der Waals surface area contributed by atoms with E-state index in [2.05, 4.69) is 27.5 Å². The predicted octanol–water partition coefficient (Wildman–Crippen LogP) is 2.37. The summed E-state index contributed by atoms with van der Waals surface area (Å²) in [6.07, 6.45) is 1.56. The van der Waals surface area contributed by atoms with Gasteiger partial charge in [0.2, 0.25) is 5.95 Å². The maximum Gasteiger partial charge on any atom is 0.222 e. The number of benzene rings is 2. The summed E-state index contributed by atoms with van der Waals surface area (Å²) in [6.45, 7) is 0. The third kappa shape index (κ3) is 2.41. The van der Waals surface area contributed by atoms with E-state index in [0.29, 0.717) is 0 Å². The second kappa shape index (κ2) is 5.98. The van der Waals surface area contributed by atoms with Gasteiger partial charge in [-0.15, -0.1) is 0 Å². The van der Waals surface area contributed by atoms with Crippen LogP contribution in [0.5, 0.6) is 5.75 Å². The number of fused-ring (bicyclic) bond motifs is 1. The number of ether oxygens (including phenoxy) is 1. The molecule has 0 saturated heterocycles. The minimum absolute atomic E-state index is 0.0576. The molecule has 3 atom stereocenters. The molecule has 3 N–H and O–H groups in total. The van der Waals surface area contributed by atoms with Crippen molar-refractivity contribution in [1.82, 2.24) is 14.8 Å². The van der Waals surface area contributed by atoms with Crippen LogP contribution in [-0.2, 0) is 0 Å². The minimum Gasteiger partial charge on any atom is -0.497 e. The van der Waals surface area contributed by atoms with Gasteiger partial charge in [-0.3, -0.25) is 0 Å². The SMILES string of the molecule is COc1ccc([C@H]2Nc3ncnn3[C@@H](c3ccccc3)[C@@H]2N)cc1. The summed E-state index contributed by atoms with van der Waals surface area (Å²) in [6, 6.07) is 17.8. The zero-order valence-corrected chi connectivity index (χ0v) is 13.3. The lowest BCUT2D eigenvalue weighted by Gasteiger charge is -2.37. The van der Waals surface area contributed by atoms with Gasteiger partial charge < -0.3 is 15.8 Å². The first-order chi connectivity index (χ1) is 11.8. The Morgan fingerprint density at radius 3 is 2.50 bits per heavy atom. The fourth-order valence-corrected chi connectivity index (χ4v) is 3.27. The minimum atomic E-state index is -0.185. The molecular weight excluding hydrogens is 302 g/mol. The third-order valence-electron chi connectivity index (χ3n) is 4.49. The lowest BCUT2D eigenvalue weighted by molar-refractivity contribution is 0.371. The number of aromatic nitrogens is 3. The van der Waals surface area contributed by atoms with E-state index >= 15 is 0 Å². The molecule has 1 aromatic heterocycles. The molecule has 0 radical (unpaired) electrons. The highest BCUT2D eigenvalue weighted by atomic mass is 16.5. The summed E-state index contributed by atoms with van der Waals surface area (Å²) in [5.41, 5.74) is 8.87. The standard InChI is InChI=1S/C18H19N5O/c1-24-14-9-7-12(8-10-14)16-15(19)17(13-5-3-2-4-6-13)23-18(22-16)20-11-21-23/h2-11,15-17H,19H2,1H3,(H,20,21,22)/t15-,16-,17+/m1/s1. The van der Waals surface area contributed by atoms with E-state index < -0.39 is 0 Å². The maximum atomic E-state index is 6.65.